The van der Waals surface area contributed by atoms with Gasteiger partial charge in [0.15, 0.2) is 0 Å². The van der Waals surface area contributed by atoms with Gasteiger partial charge in [0.25, 0.3) is 5.91 Å². The lowest BCUT2D eigenvalue weighted by Gasteiger charge is -2.37. The summed E-state index contributed by atoms with van der Waals surface area (Å²) in [7, 11) is 0. The molecule has 0 aliphatic carbocycles. The van der Waals surface area contributed by atoms with Crippen LogP contribution in [0, 0.1) is 0 Å². The van der Waals surface area contributed by atoms with Crippen molar-refractivity contribution in [3.05, 3.63) is 76.5 Å². The molecule has 0 radical (unpaired) electrons. The van der Waals surface area contributed by atoms with Gasteiger partial charge < -0.3 is 10.2 Å². The van der Waals surface area contributed by atoms with Crippen LogP contribution < -0.4 is 20.7 Å². The van der Waals surface area contributed by atoms with Gasteiger partial charge >= 0.3 is 0 Å². The molecule has 2 N–H and O–H groups in total. The van der Waals surface area contributed by atoms with Gasteiger partial charge in [0.1, 0.15) is 6.54 Å². The number of hydrazine groups is 1. The summed E-state index contributed by atoms with van der Waals surface area (Å²) in [5, 5.41) is 6.76. The number of benzene rings is 2. The molecule has 2 aromatic carbocycles. The minimum absolute atomic E-state index is 0.0447. The van der Waals surface area contributed by atoms with Crippen LogP contribution in [0.2, 0.25) is 0 Å². The fourth-order valence-electron chi connectivity index (χ4n) is 3.34. The van der Waals surface area contributed by atoms with Gasteiger partial charge in [-0.2, -0.15) is 0 Å². The van der Waals surface area contributed by atoms with E-state index in [1.165, 1.54) is 0 Å². The van der Waals surface area contributed by atoms with Crippen molar-refractivity contribution in [1.29, 1.82) is 0 Å². The average molecular weight is 407 g/mol. The molecule has 0 atom stereocenters. The number of para-hydroxylation sites is 2. The molecule has 7 heteroatoms. The fraction of sp³-hybridized carbons (Fsp3) is 0.182. The quantitative estimate of drug-likeness (QED) is 0.652. The predicted octanol–water partition coefficient (Wildman–Crippen LogP) is 3.88. The van der Waals surface area contributed by atoms with E-state index in [-0.39, 0.29) is 18.4 Å². The Kier molecular flexibility index (Phi) is 5.48. The van der Waals surface area contributed by atoms with E-state index in [9.17, 15) is 9.59 Å². The number of rotatable bonds is 6. The largest absolute Gasteiger partial charge is 0.347 e. The molecule has 2 heterocycles. The average Bonchev–Trinajstić information content (AvgIpc) is 3.26. The van der Waals surface area contributed by atoms with Gasteiger partial charge in [-0.3, -0.25) is 20.0 Å². The van der Waals surface area contributed by atoms with Crippen LogP contribution in [-0.4, -0.2) is 24.9 Å². The number of amides is 2. The Labute approximate surface area is 173 Å². The maximum atomic E-state index is 12.5. The summed E-state index contributed by atoms with van der Waals surface area (Å²) in [4.78, 5) is 27.7. The molecule has 2 amide bonds. The SMILES string of the molecule is CCN1C(=O)CN(Nc2ccc(C(=O)NCc3cccs3)cc2)c2ccccc21. The van der Waals surface area contributed by atoms with Crippen molar-refractivity contribution in [2.75, 3.05) is 28.4 Å². The first-order valence-electron chi connectivity index (χ1n) is 9.50. The smallest absolute Gasteiger partial charge is 0.251 e. The Hall–Kier alpha value is -3.32. The molecular formula is C22H22N4O2S. The molecule has 0 spiro atoms. The predicted molar refractivity (Wildman–Crippen MR) is 117 cm³/mol. The molecule has 4 rings (SSSR count). The van der Waals surface area contributed by atoms with Crippen molar-refractivity contribution in [1.82, 2.24) is 5.32 Å². The topological polar surface area (TPSA) is 64.7 Å². The lowest BCUT2D eigenvalue weighted by Crippen LogP contribution is -2.47. The van der Waals surface area contributed by atoms with Crippen LogP contribution in [0.1, 0.15) is 22.2 Å². The van der Waals surface area contributed by atoms with Gasteiger partial charge in [-0.15, -0.1) is 11.3 Å². The maximum absolute atomic E-state index is 12.5. The van der Waals surface area contributed by atoms with Gasteiger partial charge in [0, 0.05) is 17.0 Å². The molecular weight excluding hydrogens is 384 g/mol. The Bertz CT molecular complexity index is 1000. The second kappa shape index (κ2) is 8.36. The number of fused-ring (bicyclic) bond motifs is 1. The van der Waals surface area contributed by atoms with E-state index >= 15 is 0 Å². The molecule has 0 saturated heterocycles. The molecule has 0 fully saturated rings. The summed E-state index contributed by atoms with van der Waals surface area (Å²) < 4.78 is 0. The van der Waals surface area contributed by atoms with E-state index < -0.39 is 0 Å². The van der Waals surface area contributed by atoms with E-state index in [0.717, 1.165) is 21.9 Å². The van der Waals surface area contributed by atoms with Crippen molar-refractivity contribution in [2.24, 2.45) is 0 Å². The maximum Gasteiger partial charge on any atom is 0.251 e. The third-order valence-electron chi connectivity index (χ3n) is 4.79. The van der Waals surface area contributed by atoms with E-state index in [1.807, 2.05) is 65.8 Å². The molecule has 0 saturated carbocycles. The number of likely N-dealkylation sites (N-methyl/N-ethyl adjacent to an activating group) is 1. The number of thiophene rings is 1. The highest BCUT2D eigenvalue weighted by molar-refractivity contribution is 7.09. The Morgan fingerprint density at radius 3 is 2.48 bits per heavy atom. The van der Waals surface area contributed by atoms with E-state index in [4.69, 9.17) is 0 Å². The van der Waals surface area contributed by atoms with Crippen molar-refractivity contribution in [3.63, 3.8) is 0 Å². The number of carbonyl (C=O) groups is 2. The minimum Gasteiger partial charge on any atom is -0.347 e. The first kappa shape index (κ1) is 19.0. The number of carbonyl (C=O) groups excluding carboxylic acids is 2. The molecule has 1 aliphatic rings. The number of hydrogen-bond acceptors (Lipinski definition) is 5. The fourth-order valence-corrected chi connectivity index (χ4v) is 3.99. The highest BCUT2D eigenvalue weighted by atomic mass is 32.1. The summed E-state index contributed by atoms with van der Waals surface area (Å²) >= 11 is 1.62. The molecule has 29 heavy (non-hydrogen) atoms. The van der Waals surface area contributed by atoms with Crippen molar-refractivity contribution in [3.8, 4) is 0 Å². The van der Waals surface area contributed by atoms with Crippen LogP contribution in [0.15, 0.2) is 66.0 Å². The number of nitrogens with one attached hydrogen (secondary N) is 2. The zero-order valence-corrected chi connectivity index (χ0v) is 16.9. The van der Waals surface area contributed by atoms with E-state index in [2.05, 4.69) is 10.7 Å². The highest BCUT2D eigenvalue weighted by Gasteiger charge is 2.28. The lowest BCUT2D eigenvalue weighted by atomic mass is 10.1. The molecule has 0 unspecified atom stereocenters. The summed E-state index contributed by atoms with van der Waals surface area (Å²) in [6, 6.07) is 19.0. The van der Waals surface area contributed by atoms with Crippen LogP contribution in [0.25, 0.3) is 0 Å². The van der Waals surface area contributed by atoms with Crippen LogP contribution in [0.5, 0.6) is 0 Å². The van der Waals surface area contributed by atoms with E-state index in [0.29, 0.717) is 18.7 Å². The van der Waals surface area contributed by atoms with Crippen molar-refractivity contribution in [2.45, 2.75) is 13.5 Å². The van der Waals surface area contributed by atoms with Crippen LogP contribution in [0.4, 0.5) is 17.1 Å². The van der Waals surface area contributed by atoms with Crippen molar-refractivity contribution < 1.29 is 9.59 Å². The summed E-state index contributed by atoms with van der Waals surface area (Å²) in [5.74, 6) is -0.0645. The van der Waals surface area contributed by atoms with Gasteiger partial charge in [-0.1, -0.05) is 18.2 Å². The second-order valence-corrected chi connectivity index (χ2v) is 7.70. The monoisotopic (exact) mass is 406 g/mol. The standard InChI is InChI=1S/C22H22N4O2S/c1-2-25-19-7-3-4-8-20(19)26(15-21(25)27)24-17-11-9-16(10-12-17)22(28)23-14-18-6-5-13-29-18/h3-13,24H,2,14-15H2,1H3,(H,23,28). The molecule has 1 aliphatic heterocycles. The van der Waals surface area contributed by atoms with Gasteiger partial charge in [-0.05, 0) is 54.8 Å². The Balaban J connectivity index is 1.45. The lowest BCUT2D eigenvalue weighted by molar-refractivity contribution is -0.117. The van der Waals surface area contributed by atoms with Gasteiger partial charge in [-0.25, -0.2) is 0 Å². The summed E-state index contributed by atoms with van der Waals surface area (Å²) in [6.45, 7) is 3.38. The van der Waals surface area contributed by atoms with Gasteiger partial charge in [0.05, 0.1) is 23.6 Å². The number of nitrogens with zero attached hydrogens (tertiary/aromatic N) is 2. The van der Waals surface area contributed by atoms with Crippen LogP contribution >= 0.6 is 11.3 Å². The van der Waals surface area contributed by atoms with Crippen molar-refractivity contribution >= 4 is 40.2 Å². The third kappa shape index (κ3) is 4.09. The molecule has 6 nitrogen and oxygen atoms in total. The highest BCUT2D eigenvalue weighted by Crippen LogP contribution is 2.33. The Morgan fingerprint density at radius 1 is 1.03 bits per heavy atom. The third-order valence-corrected chi connectivity index (χ3v) is 5.66. The van der Waals surface area contributed by atoms with Crippen LogP contribution in [0.3, 0.4) is 0 Å². The van der Waals surface area contributed by atoms with Crippen LogP contribution in [-0.2, 0) is 11.3 Å². The number of hydrogen-bond donors (Lipinski definition) is 2. The summed E-state index contributed by atoms with van der Waals surface area (Å²) in [6.07, 6.45) is 0. The molecule has 1 aromatic heterocycles. The minimum atomic E-state index is -0.109. The Morgan fingerprint density at radius 2 is 1.79 bits per heavy atom. The first-order valence-corrected chi connectivity index (χ1v) is 10.4. The first-order chi connectivity index (χ1) is 14.2. The molecule has 3 aromatic rings. The second-order valence-electron chi connectivity index (χ2n) is 6.66. The normalized spacial score (nSPS) is 13.2. The van der Waals surface area contributed by atoms with Gasteiger partial charge in [0.2, 0.25) is 5.91 Å². The molecule has 148 valence electrons. The van der Waals surface area contributed by atoms with E-state index in [1.54, 1.807) is 28.4 Å². The molecule has 0 bridgehead atoms. The zero-order valence-electron chi connectivity index (χ0n) is 16.1. The zero-order chi connectivity index (χ0) is 20.2. The number of anilines is 3. The summed E-state index contributed by atoms with van der Waals surface area (Å²) in [5.41, 5.74) is 6.54.